The number of rotatable bonds is 8. The molecule has 1 aliphatic heterocycles. The highest BCUT2D eigenvalue weighted by Crippen LogP contribution is 2.42. The number of nitrogens with zero attached hydrogens (tertiary/aromatic N) is 2. The predicted octanol–water partition coefficient (Wildman–Crippen LogP) is 6.27. The number of carbonyl (C=O) groups excluding carboxylic acids is 2. The summed E-state index contributed by atoms with van der Waals surface area (Å²) in [5, 5.41) is 0. The molecule has 0 fully saturated rings. The fourth-order valence-corrected chi connectivity index (χ4v) is 4.58. The topological polar surface area (TPSA) is 40.6 Å². The van der Waals surface area contributed by atoms with Crippen molar-refractivity contribution in [1.82, 2.24) is 0 Å². The van der Waals surface area contributed by atoms with E-state index in [4.69, 9.17) is 0 Å². The first kappa shape index (κ1) is 22.1. The van der Waals surface area contributed by atoms with Crippen LogP contribution in [0.4, 0.5) is 11.4 Å². The van der Waals surface area contributed by atoms with Crippen molar-refractivity contribution in [3.05, 3.63) is 60.2 Å². The smallest absolute Gasteiger partial charge is 0.227 e. The van der Waals surface area contributed by atoms with Crippen LogP contribution in [0.1, 0.15) is 77.3 Å². The highest BCUT2D eigenvalue weighted by atomic mass is 16.2. The molecule has 30 heavy (non-hydrogen) atoms. The summed E-state index contributed by atoms with van der Waals surface area (Å²) >= 11 is 0. The van der Waals surface area contributed by atoms with Crippen LogP contribution >= 0.6 is 0 Å². The summed E-state index contributed by atoms with van der Waals surface area (Å²) in [6.45, 7) is 5.92. The van der Waals surface area contributed by atoms with Gasteiger partial charge in [0.05, 0.1) is 6.04 Å². The zero-order valence-corrected chi connectivity index (χ0v) is 18.5. The van der Waals surface area contributed by atoms with Crippen molar-refractivity contribution >= 4 is 23.2 Å². The molecule has 0 saturated heterocycles. The first-order chi connectivity index (χ1) is 14.5. The van der Waals surface area contributed by atoms with Gasteiger partial charge >= 0.3 is 0 Å². The van der Waals surface area contributed by atoms with Crippen molar-refractivity contribution in [2.75, 3.05) is 9.80 Å². The van der Waals surface area contributed by atoms with Gasteiger partial charge in [-0.15, -0.1) is 0 Å². The van der Waals surface area contributed by atoms with Crippen LogP contribution in [-0.2, 0) is 9.59 Å². The molecule has 2 amide bonds. The molecule has 0 radical (unpaired) electrons. The Labute approximate surface area is 180 Å². The van der Waals surface area contributed by atoms with Gasteiger partial charge in [0.15, 0.2) is 0 Å². The van der Waals surface area contributed by atoms with Crippen LogP contribution < -0.4 is 9.80 Å². The fraction of sp³-hybridized carbons (Fsp3) is 0.462. The molecule has 0 spiro atoms. The number of amides is 2. The number of hydrogen-bond acceptors (Lipinski definition) is 2. The van der Waals surface area contributed by atoms with Crippen LogP contribution in [0.25, 0.3) is 0 Å². The molecule has 4 nitrogen and oxygen atoms in total. The fourth-order valence-electron chi connectivity index (χ4n) is 4.58. The van der Waals surface area contributed by atoms with Crippen molar-refractivity contribution < 1.29 is 9.59 Å². The average Bonchev–Trinajstić information content (AvgIpc) is 2.74. The Morgan fingerprint density at radius 1 is 0.967 bits per heavy atom. The maximum atomic E-state index is 13.1. The summed E-state index contributed by atoms with van der Waals surface area (Å²) in [4.78, 5) is 29.6. The van der Waals surface area contributed by atoms with Crippen LogP contribution in [0.15, 0.2) is 54.6 Å². The van der Waals surface area contributed by atoms with E-state index in [1.807, 2.05) is 58.3 Å². The lowest BCUT2D eigenvalue weighted by Gasteiger charge is -2.43. The SMILES string of the molecule is CCCCCCCC(=O)N1c2ccccc2[C@@H](N(C(C)=O)c2ccccc2)C[C@@H]1C. The molecule has 3 rings (SSSR count). The van der Waals surface area contributed by atoms with Crippen LogP contribution in [0, 0.1) is 0 Å². The number of para-hydroxylation sites is 2. The maximum absolute atomic E-state index is 13.1. The van der Waals surface area contributed by atoms with Gasteiger partial charge in [-0.25, -0.2) is 0 Å². The van der Waals surface area contributed by atoms with E-state index in [-0.39, 0.29) is 23.9 Å². The van der Waals surface area contributed by atoms with Crippen molar-refractivity contribution in [3.63, 3.8) is 0 Å². The van der Waals surface area contributed by atoms with Gasteiger partial charge in [-0.05, 0) is 43.5 Å². The van der Waals surface area contributed by atoms with E-state index >= 15 is 0 Å². The van der Waals surface area contributed by atoms with E-state index in [2.05, 4.69) is 19.9 Å². The highest BCUT2D eigenvalue weighted by Gasteiger charge is 2.37. The number of fused-ring (bicyclic) bond motifs is 1. The number of hydrogen-bond donors (Lipinski definition) is 0. The second kappa shape index (κ2) is 10.4. The first-order valence-electron chi connectivity index (χ1n) is 11.3. The Kier molecular flexibility index (Phi) is 7.67. The molecule has 1 heterocycles. The molecule has 2 atom stereocenters. The normalized spacial score (nSPS) is 18.0. The first-order valence-corrected chi connectivity index (χ1v) is 11.3. The molecule has 2 aromatic rings. The molecule has 2 aromatic carbocycles. The van der Waals surface area contributed by atoms with E-state index in [0.29, 0.717) is 6.42 Å². The quantitative estimate of drug-likeness (QED) is 0.485. The summed E-state index contributed by atoms with van der Waals surface area (Å²) in [6.07, 6.45) is 7.01. The van der Waals surface area contributed by atoms with Crippen LogP contribution in [0.2, 0.25) is 0 Å². The minimum atomic E-state index is -0.0790. The van der Waals surface area contributed by atoms with E-state index in [0.717, 1.165) is 36.2 Å². The number of carbonyl (C=O) groups is 2. The zero-order chi connectivity index (χ0) is 21.5. The molecule has 0 unspecified atom stereocenters. The molecule has 0 saturated carbocycles. The average molecular weight is 407 g/mol. The Morgan fingerprint density at radius 3 is 2.33 bits per heavy atom. The van der Waals surface area contributed by atoms with Gasteiger partial charge in [0, 0.05) is 30.8 Å². The third-order valence-electron chi connectivity index (χ3n) is 6.01. The van der Waals surface area contributed by atoms with Crippen molar-refractivity contribution in [1.29, 1.82) is 0 Å². The Balaban J connectivity index is 1.86. The molecule has 0 aliphatic carbocycles. The molecule has 4 heteroatoms. The summed E-state index contributed by atoms with van der Waals surface area (Å²) in [5.74, 6) is 0.211. The van der Waals surface area contributed by atoms with Gasteiger partial charge < -0.3 is 9.80 Å². The molecule has 1 aliphatic rings. The van der Waals surface area contributed by atoms with E-state index in [9.17, 15) is 9.59 Å². The molecular weight excluding hydrogens is 372 g/mol. The minimum Gasteiger partial charge on any atom is -0.309 e. The van der Waals surface area contributed by atoms with Gasteiger partial charge in [0.1, 0.15) is 0 Å². The van der Waals surface area contributed by atoms with Gasteiger partial charge in [-0.2, -0.15) is 0 Å². The molecule has 160 valence electrons. The monoisotopic (exact) mass is 406 g/mol. The second-order valence-electron chi connectivity index (χ2n) is 8.31. The van der Waals surface area contributed by atoms with Crippen molar-refractivity contribution in [2.24, 2.45) is 0 Å². The van der Waals surface area contributed by atoms with Crippen molar-refractivity contribution in [2.45, 2.75) is 77.8 Å². The van der Waals surface area contributed by atoms with Crippen LogP contribution in [0.3, 0.4) is 0 Å². The van der Waals surface area contributed by atoms with Gasteiger partial charge in [0.2, 0.25) is 11.8 Å². The maximum Gasteiger partial charge on any atom is 0.227 e. The number of unbranched alkanes of at least 4 members (excludes halogenated alkanes) is 4. The number of benzene rings is 2. The molecule has 0 N–H and O–H groups in total. The highest BCUT2D eigenvalue weighted by molar-refractivity contribution is 5.97. The second-order valence-corrected chi connectivity index (χ2v) is 8.31. The summed E-state index contributed by atoms with van der Waals surface area (Å²) < 4.78 is 0. The Morgan fingerprint density at radius 2 is 1.63 bits per heavy atom. The van der Waals surface area contributed by atoms with E-state index in [1.54, 1.807) is 6.92 Å². The number of anilines is 2. The lowest BCUT2D eigenvalue weighted by molar-refractivity contribution is -0.119. The van der Waals surface area contributed by atoms with Crippen LogP contribution in [0.5, 0.6) is 0 Å². The van der Waals surface area contributed by atoms with Gasteiger partial charge in [-0.1, -0.05) is 69.0 Å². The third kappa shape index (κ3) is 4.92. The molecule has 0 bridgehead atoms. The van der Waals surface area contributed by atoms with Gasteiger partial charge in [-0.3, -0.25) is 9.59 Å². The standard InChI is InChI=1S/C26H34N2O2/c1-4-5-6-7-11-18-26(30)27-20(2)19-25(23-16-12-13-17-24(23)27)28(21(3)29)22-14-9-8-10-15-22/h8-10,12-17,20,25H,4-7,11,18-19H2,1-3H3/t20-,25-/m0/s1. The lowest BCUT2D eigenvalue weighted by Crippen LogP contribution is -2.47. The Bertz CT molecular complexity index is 849. The minimum absolute atomic E-state index is 0.0175. The third-order valence-corrected chi connectivity index (χ3v) is 6.01. The van der Waals surface area contributed by atoms with E-state index in [1.165, 1.54) is 19.3 Å². The Hall–Kier alpha value is -2.62. The lowest BCUT2D eigenvalue weighted by atomic mass is 9.89. The van der Waals surface area contributed by atoms with E-state index < -0.39 is 0 Å². The zero-order valence-electron chi connectivity index (χ0n) is 18.5. The molecule has 0 aromatic heterocycles. The summed E-state index contributed by atoms with van der Waals surface area (Å²) in [7, 11) is 0. The summed E-state index contributed by atoms with van der Waals surface area (Å²) in [5.41, 5.74) is 2.89. The molecular formula is C26H34N2O2. The van der Waals surface area contributed by atoms with Gasteiger partial charge in [0.25, 0.3) is 0 Å². The van der Waals surface area contributed by atoms with Crippen LogP contribution in [-0.4, -0.2) is 17.9 Å². The largest absolute Gasteiger partial charge is 0.309 e. The predicted molar refractivity (Wildman–Crippen MR) is 124 cm³/mol. The van der Waals surface area contributed by atoms with Crippen molar-refractivity contribution in [3.8, 4) is 0 Å². The summed E-state index contributed by atoms with van der Waals surface area (Å²) in [6, 6.07) is 17.8.